The number of carbonyl (C=O) groups excluding carboxylic acids is 2. The van der Waals surface area contributed by atoms with Gasteiger partial charge in [0, 0.05) is 47.1 Å². The SMILES string of the molecule is COc1cccc(C2OCC(=O)[N+](CC(C)(C)C)([C@@H]3CCNC[C@@]3(C(C)=O)C(=O)O)c3ccc(Cl)cc32)c1OC. The van der Waals surface area contributed by atoms with Gasteiger partial charge < -0.3 is 24.6 Å². The molecule has 4 rings (SSSR count). The third kappa shape index (κ3) is 4.89. The van der Waals surface area contributed by atoms with Gasteiger partial charge in [0.25, 0.3) is 0 Å². The first kappa shape index (κ1) is 30.0. The molecule has 0 radical (unpaired) electrons. The quantitative estimate of drug-likeness (QED) is 0.371. The number of nitrogens with one attached hydrogen (secondary N) is 1. The number of piperidine rings is 1. The predicted octanol–water partition coefficient (Wildman–Crippen LogP) is 4.38. The molecule has 40 heavy (non-hydrogen) atoms. The van der Waals surface area contributed by atoms with Gasteiger partial charge in [-0.2, -0.15) is 0 Å². The lowest BCUT2D eigenvalue weighted by Gasteiger charge is -2.51. The number of hydrogen-bond acceptors (Lipinski definition) is 7. The molecule has 2 N–H and O–H groups in total. The highest BCUT2D eigenvalue weighted by molar-refractivity contribution is 6.30. The van der Waals surface area contributed by atoms with Gasteiger partial charge >= 0.3 is 11.9 Å². The molecular formula is C30H38ClN2O7+. The Hall–Kier alpha value is -2.98. The molecule has 1 amide bonds. The van der Waals surface area contributed by atoms with Crippen LogP contribution in [-0.4, -0.2) is 69.3 Å². The summed E-state index contributed by atoms with van der Waals surface area (Å²) in [6.07, 6.45) is -0.482. The summed E-state index contributed by atoms with van der Waals surface area (Å²) in [7, 11) is 3.07. The van der Waals surface area contributed by atoms with Crippen LogP contribution in [0.15, 0.2) is 36.4 Å². The highest BCUT2D eigenvalue weighted by atomic mass is 35.5. The lowest BCUT2D eigenvalue weighted by atomic mass is 9.70. The number of ether oxygens (including phenoxy) is 3. The Morgan fingerprint density at radius 2 is 1.90 bits per heavy atom. The van der Waals surface area contributed by atoms with E-state index in [9.17, 15) is 19.5 Å². The number of methoxy groups -OCH3 is 2. The van der Waals surface area contributed by atoms with Crippen LogP contribution < -0.4 is 19.3 Å². The van der Waals surface area contributed by atoms with Gasteiger partial charge in [0.1, 0.15) is 17.8 Å². The average Bonchev–Trinajstić information content (AvgIpc) is 3.01. The summed E-state index contributed by atoms with van der Waals surface area (Å²) in [5.74, 6) is -1.11. The van der Waals surface area contributed by atoms with E-state index < -0.39 is 34.7 Å². The van der Waals surface area contributed by atoms with E-state index in [0.717, 1.165) is 0 Å². The molecule has 2 aromatic carbocycles. The number of carboxylic acids is 1. The molecule has 1 fully saturated rings. The molecule has 0 aromatic heterocycles. The van der Waals surface area contributed by atoms with Gasteiger partial charge in [0.2, 0.25) is 0 Å². The number of aliphatic carboxylic acids is 1. The van der Waals surface area contributed by atoms with Crippen LogP contribution >= 0.6 is 11.6 Å². The Labute approximate surface area is 239 Å². The first-order chi connectivity index (χ1) is 18.8. The minimum absolute atomic E-state index is 0.0727. The van der Waals surface area contributed by atoms with Crippen molar-refractivity contribution in [3.8, 4) is 11.5 Å². The van der Waals surface area contributed by atoms with E-state index in [-0.39, 0.29) is 30.1 Å². The molecule has 10 heteroatoms. The number of nitrogens with zero attached hydrogens (tertiary/aromatic N) is 1. The number of carboxylic acid groups (broad SMARTS) is 1. The zero-order chi connectivity index (χ0) is 29.5. The molecular weight excluding hydrogens is 536 g/mol. The molecule has 0 spiro atoms. The second-order valence-electron chi connectivity index (χ2n) is 11.8. The molecule has 2 heterocycles. The molecule has 2 aliphatic rings. The fourth-order valence-electron chi connectivity index (χ4n) is 6.55. The normalized spacial score (nSPS) is 26.9. The number of carbonyl (C=O) groups is 3. The molecule has 0 saturated carbocycles. The number of ketones is 1. The Kier molecular flexibility index (Phi) is 8.34. The van der Waals surface area contributed by atoms with Gasteiger partial charge in [-0.1, -0.05) is 44.5 Å². The third-order valence-electron chi connectivity index (χ3n) is 8.07. The zero-order valence-electron chi connectivity index (χ0n) is 23.9. The summed E-state index contributed by atoms with van der Waals surface area (Å²) in [6, 6.07) is 9.78. The van der Waals surface area contributed by atoms with E-state index in [1.807, 2.05) is 32.9 Å². The standard InChI is InChI=1S/C30H37ClN2O7/c1-18(34)30(28(36)37)16-32-13-12-24(30)33(17-29(2,3)4)22-11-10-19(31)14-21(22)26(40-15-25(33)35)20-8-7-9-23(38-5)27(20)39-6/h7-11,14,24,26,32H,12-13,15-17H2,1-6H3/p+1/t24-,26?,30+,33?/m1/s1. The van der Waals surface area contributed by atoms with Crippen molar-refractivity contribution in [1.29, 1.82) is 0 Å². The van der Waals surface area contributed by atoms with Crippen molar-refractivity contribution in [3.63, 3.8) is 0 Å². The number of halogens is 1. The number of Topliss-reactive ketones (excluding diaryl/α,β-unsaturated/α-hetero) is 1. The second kappa shape index (κ2) is 11.1. The first-order valence-corrected chi connectivity index (χ1v) is 13.7. The lowest BCUT2D eigenvalue weighted by molar-refractivity contribution is -0.164. The van der Waals surface area contributed by atoms with Crippen molar-refractivity contribution in [3.05, 3.63) is 52.5 Å². The maximum Gasteiger partial charge on any atom is 0.344 e. The predicted molar refractivity (Wildman–Crippen MR) is 152 cm³/mol. The molecule has 0 aliphatic carbocycles. The Balaban J connectivity index is 2.10. The molecule has 2 aliphatic heterocycles. The second-order valence-corrected chi connectivity index (χ2v) is 12.2. The van der Waals surface area contributed by atoms with Crippen molar-refractivity contribution in [2.45, 2.75) is 46.3 Å². The number of amides is 1. The van der Waals surface area contributed by atoms with Crippen LogP contribution in [0, 0.1) is 10.8 Å². The summed E-state index contributed by atoms with van der Waals surface area (Å²) in [4.78, 5) is 40.9. The molecule has 216 valence electrons. The monoisotopic (exact) mass is 573 g/mol. The van der Waals surface area contributed by atoms with Gasteiger partial charge in [-0.3, -0.25) is 9.59 Å². The number of fused-ring (bicyclic) bond motifs is 1. The smallest absolute Gasteiger partial charge is 0.344 e. The molecule has 1 saturated heterocycles. The van der Waals surface area contributed by atoms with Crippen molar-refractivity contribution in [1.82, 2.24) is 9.80 Å². The van der Waals surface area contributed by atoms with Crippen LogP contribution in [0.25, 0.3) is 0 Å². The average molecular weight is 574 g/mol. The summed E-state index contributed by atoms with van der Waals surface area (Å²) in [5, 5.41) is 14.1. The van der Waals surface area contributed by atoms with Gasteiger partial charge in [-0.15, -0.1) is 0 Å². The van der Waals surface area contributed by atoms with Crippen LogP contribution in [0.5, 0.6) is 11.5 Å². The molecule has 4 atom stereocenters. The number of hydrogen-bond donors (Lipinski definition) is 2. The van der Waals surface area contributed by atoms with Crippen LogP contribution in [0.1, 0.15) is 51.3 Å². The van der Waals surface area contributed by atoms with E-state index in [1.54, 1.807) is 31.4 Å². The van der Waals surface area contributed by atoms with Gasteiger partial charge in [-0.05, 0) is 25.1 Å². The number of quaternary nitrogens is 1. The highest BCUT2D eigenvalue weighted by Crippen LogP contribution is 2.50. The zero-order valence-corrected chi connectivity index (χ0v) is 24.6. The minimum Gasteiger partial charge on any atom is -0.493 e. The fraction of sp³-hybridized carbons (Fsp3) is 0.500. The Morgan fingerprint density at radius 3 is 2.50 bits per heavy atom. The van der Waals surface area contributed by atoms with Crippen molar-refractivity contribution in [2.24, 2.45) is 10.8 Å². The lowest BCUT2D eigenvalue weighted by Crippen LogP contribution is -2.75. The third-order valence-corrected chi connectivity index (χ3v) is 8.30. The summed E-state index contributed by atoms with van der Waals surface area (Å²) in [6.45, 7) is 7.62. The molecule has 0 bridgehead atoms. The number of benzene rings is 2. The van der Waals surface area contributed by atoms with E-state index in [4.69, 9.17) is 25.8 Å². The molecule has 9 nitrogen and oxygen atoms in total. The molecule has 2 aromatic rings. The minimum atomic E-state index is -1.83. The van der Waals surface area contributed by atoms with Crippen LogP contribution in [0.2, 0.25) is 5.02 Å². The largest absolute Gasteiger partial charge is 0.493 e. The van der Waals surface area contributed by atoms with Crippen LogP contribution in [0.4, 0.5) is 5.69 Å². The van der Waals surface area contributed by atoms with Crippen LogP contribution in [0.3, 0.4) is 0 Å². The van der Waals surface area contributed by atoms with E-state index in [0.29, 0.717) is 46.3 Å². The fourth-order valence-corrected chi connectivity index (χ4v) is 6.74. The van der Waals surface area contributed by atoms with Gasteiger partial charge in [0.05, 0.1) is 20.8 Å². The summed E-state index contributed by atoms with van der Waals surface area (Å²) in [5.41, 5.74) is -0.462. The summed E-state index contributed by atoms with van der Waals surface area (Å²) >= 11 is 6.56. The number of para-hydroxylation sites is 1. The number of rotatable bonds is 7. The van der Waals surface area contributed by atoms with E-state index >= 15 is 0 Å². The van der Waals surface area contributed by atoms with Crippen molar-refractivity contribution < 1.29 is 33.7 Å². The summed E-state index contributed by atoms with van der Waals surface area (Å²) < 4.78 is 17.3. The molecule has 2 unspecified atom stereocenters. The Bertz CT molecular complexity index is 1310. The van der Waals surface area contributed by atoms with Crippen LogP contribution in [-0.2, 0) is 19.1 Å². The maximum atomic E-state index is 14.6. The van der Waals surface area contributed by atoms with Gasteiger partial charge in [0.15, 0.2) is 29.3 Å². The maximum absolute atomic E-state index is 14.6. The van der Waals surface area contributed by atoms with Crippen molar-refractivity contribution in [2.75, 3.05) is 40.5 Å². The Morgan fingerprint density at radius 1 is 1.18 bits per heavy atom. The highest BCUT2D eigenvalue weighted by Gasteiger charge is 2.65. The first-order valence-electron chi connectivity index (χ1n) is 13.3. The van der Waals surface area contributed by atoms with Gasteiger partial charge in [-0.25, -0.2) is 9.28 Å². The topological polar surface area (TPSA) is 111 Å². The van der Waals surface area contributed by atoms with E-state index in [2.05, 4.69) is 5.32 Å². The van der Waals surface area contributed by atoms with Crippen molar-refractivity contribution >= 4 is 34.9 Å². The van der Waals surface area contributed by atoms with E-state index in [1.165, 1.54) is 14.0 Å².